The standard InChI is InChI=1S/C26H26FN3O4S/c1-2-3-13-28(26(32)19-5-4-6-21(16-19)30(33)34)17-24(31)29-14-11-23-22(12-15-35-23)25(29)18-7-9-20(27)10-8-18/h4-10,12,15-16,25H,2-3,11,13-14,17H2,1H3. The van der Waals surface area contributed by atoms with Gasteiger partial charge in [0.15, 0.2) is 0 Å². The molecular formula is C26H26FN3O4S. The molecule has 1 aromatic heterocycles. The first-order valence-corrected chi connectivity index (χ1v) is 12.4. The Morgan fingerprint density at radius 2 is 1.97 bits per heavy atom. The van der Waals surface area contributed by atoms with Crippen molar-refractivity contribution in [2.24, 2.45) is 0 Å². The fourth-order valence-corrected chi connectivity index (χ4v) is 5.28. The number of hydrogen-bond acceptors (Lipinski definition) is 5. The maximum atomic E-state index is 13.6. The summed E-state index contributed by atoms with van der Waals surface area (Å²) in [5.41, 5.74) is 1.84. The van der Waals surface area contributed by atoms with Crippen LogP contribution in [0, 0.1) is 15.9 Å². The zero-order valence-electron chi connectivity index (χ0n) is 19.4. The van der Waals surface area contributed by atoms with E-state index in [1.54, 1.807) is 28.4 Å². The van der Waals surface area contributed by atoms with Gasteiger partial charge < -0.3 is 9.80 Å². The largest absolute Gasteiger partial charge is 0.330 e. The van der Waals surface area contributed by atoms with Gasteiger partial charge in [-0.2, -0.15) is 0 Å². The average Bonchev–Trinajstić information content (AvgIpc) is 3.35. The molecule has 0 spiro atoms. The summed E-state index contributed by atoms with van der Waals surface area (Å²) in [5, 5.41) is 13.2. The van der Waals surface area contributed by atoms with Crippen LogP contribution in [0.2, 0.25) is 0 Å². The number of nitro benzene ring substituents is 1. The van der Waals surface area contributed by atoms with Gasteiger partial charge in [0.2, 0.25) is 5.91 Å². The van der Waals surface area contributed by atoms with E-state index in [-0.39, 0.29) is 35.6 Å². The molecule has 9 heteroatoms. The van der Waals surface area contributed by atoms with Crippen molar-refractivity contribution in [1.29, 1.82) is 0 Å². The number of amides is 2. The Balaban J connectivity index is 1.61. The zero-order valence-corrected chi connectivity index (χ0v) is 20.2. The fourth-order valence-electron chi connectivity index (χ4n) is 4.38. The van der Waals surface area contributed by atoms with Gasteiger partial charge in [-0.1, -0.05) is 31.5 Å². The van der Waals surface area contributed by atoms with Crippen LogP contribution in [-0.4, -0.2) is 46.2 Å². The van der Waals surface area contributed by atoms with E-state index in [1.165, 1.54) is 46.2 Å². The minimum Gasteiger partial charge on any atom is -0.330 e. The predicted molar refractivity (Wildman–Crippen MR) is 132 cm³/mol. The van der Waals surface area contributed by atoms with Crippen LogP contribution >= 0.6 is 11.3 Å². The summed E-state index contributed by atoms with van der Waals surface area (Å²) >= 11 is 1.64. The number of thiophene rings is 1. The van der Waals surface area contributed by atoms with Crippen LogP contribution in [0.1, 0.15) is 52.2 Å². The van der Waals surface area contributed by atoms with Gasteiger partial charge in [-0.05, 0) is 53.6 Å². The smallest absolute Gasteiger partial charge is 0.270 e. The molecule has 0 radical (unpaired) electrons. The molecule has 7 nitrogen and oxygen atoms in total. The predicted octanol–water partition coefficient (Wildman–Crippen LogP) is 5.21. The second kappa shape index (κ2) is 10.8. The fraction of sp³-hybridized carbons (Fsp3) is 0.308. The second-order valence-electron chi connectivity index (χ2n) is 8.48. The molecule has 2 amide bonds. The zero-order chi connectivity index (χ0) is 24.9. The normalized spacial score (nSPS) is 14.9. The van der Waals surface area contributed by atoms with Crippen molar-refractivity contribution >= 4 is 28.8 Å². The molecule has 0 saturated carbocycles. The maximum absolute atomic E-state index is 13.6. The van der Waals surface area contributed by atoms with Crippen molar-refractivity contribution in [1.82, 2.24) is 9.80 Å². The molecule has 1 atom stereocenters. The molecule has 35 heavy (non-hydrogen) atoms. The highest BCUT2D eigenvalue weighted by atomic mass is 32.1. The SMILES string of the molecule is CCCCN(CC(=O)N1CCc2sccc2C1c1ccc(F)cc1)C(=O)c1cccc([N+](=O)[O-])c1. The molecule has 2 heterocycles. The molecule has 0 saturated heterocycles. The Labute approximate surface area is 206 Å². The summed E-state index contributed by atoms with van der Waals surface area (Å²) < 4.78 is 13.6. The lowest BCUT2D eigenvalue weighted by Gasteiger charge is -2.37. The van der Waals surface area contributed by atoms with E-state index >= 15 is 0 Å². The summed E-state index contributed by atoms with van der Waals surface area (Å²) in [4.78, 5) is 41.9. The number of carbonyl (C=O) groups excluding carboxylic acids is 2. The van der Waals surface area contributed by atoms with Gasteiger partial charge in [0.1, 0.15) is 12.4 Å². The lowest BCUT2D eigenvalue weighted by atomic mass is 9.93. The molecular weight excluding hydrogens is 469 g/mol. The van der Waals surface area contributed by atoms with Crippen molar-refractivity contribution in [3.8, 4) is 0 Å². The number of carbonyl (C=O) groups is 2. The third kappa shape index (κ3) is 5.40. The highest BCUT2D eigenvalue weighted by Gasteiger charge is 2.34. The minimum atomic E-state index is -0.544. The van der Waals surface area contributed by atoms with Crippen LogP contribution in [-0.2, 0) is 11.2 Å². The van der Waals surface area contributed by atoms with Gasteiger partial charge in [0, 0.05) is 35.7 Å². The first-order valence-electron chi connectivity index (χ1n) is 11.5. The van der Waals surface area contributed by atoms with Crippen LogP contribution in [0.25, 0.3) is 0 Å². The number of unbranched alkanes of at least 4 members (excludes halogenated alkanes) is 1. The Bertz CT molecular complexity index is 1230. The maximum Gasteiger partial charge on any atom is 0.270 e. The Morgan fingerprint density at radius 3 is 2.69 bits per heavy atom. The van der Waals surface area contributed by atoms with Gasteiger partial charge in [-0.15, -0.1) is 11.3 Å². The molecule has 1 unspecified atom stereocenters. The van der Waals surface area contributed by atoms with Crippen molar-refractivity contribution in [3.63, 3.8) is 0 Å². The lowest BCUT2D eigenvalue weighted by Crippen LogP contribution is -2.47. The third-order valence-electron chi connectivity index (χ3n) is 6.17. The number of nitrogens with zero attached hydrogens (tertiary/aromatic N) is 3. The van der Waals surface area contributed by atoms with Crippen LogP contribution in [0.4, 0.5) is 10.1 Å². The Hall–Kier alpha value is -3.59. The van der Waals surface area contributed by atoms with Gasteiger partial charge in [0.25, 0.3) is 11.6 Å². The average molecular weight is 496 g/mol. The van der Waals surface area contributed by atoms with E-state index in [1.807, 2.05) is 18.4 Å². The number of halogens is 1. The van der Waals surface area contributed by atoms with E-state index in [0.29, 0.717) is 25.9 Å². The first kappa shape index (κ1) is 24.5. The Morgan fingerprint density at radius 1 is 1.20 bits per heavy atom. The molecule has 0 bridgehead atoms. The molecule has 3 aromatic rings. The summed E-state index contributed by atoms with van der Waals surface area (Å²) in [6.07, 6.45) is 2.24. The highest BCUT2D eigenvalue weighted by molar-refractivity contribution is 7.10. The number of nitro groups is 1. The molecule has 1 aliphatic rings. The number of benzene rings is 2. The third-order valence-corrected chi connectivity index (χ3v) is 7.17. The van der Waals surface area contributed by atoms with E-state index in [2.05, 4.69) is 0 Å². The monoisotopic (exact) mass is 495 g/mol. The van der Waals surface area contributed by atoms with Gasteiger partial charge >= 0.3 is 0 Å². The number of rotatable bonds is 8. The molecule has 2 aromatic carbocycles. The summed E-state index contributed by atoms with van der Waals surface area (Å²) in [6, 6.07) is 13.4. The Kier molecular flexibility index (Phi) is 7.55. The van der Waals surface area contributed by atoms with Crippen LogP contribution in [0.15, 0.2) is 60.0 Å². The number of fused-ring (bicyclic) bond motifs is 1. The van der Waals surface area contributed by atoms with Crippen LogP contribution in [0.5, 0.6) is 0 Å². The molecule has 0 N–H and O–H groups in total. The lowest BCUT2D eigenvalue weighted by molar-refractivity contribution is -0.384. The van der Waals surface area contributed by atoms with Crippen molar-refractivity contribution < 1.29 is 18.9 Å². The van der Waals surface area contributed by atoms with Crippen molar-refractivity contribution in [3.05, 3.63) is 97.5 Å². The highest BCUT2D eigenvalue weighted by Crippen LogP contribution is 2.38. The van der Waals surface area contributed by atoms with Crippen molar-refractivity contribution in [2.45, 2.75) is 32.2 Å². The number of hydrogen-bond donors (Lipinski definition) is 0. The molecule has 0 aliphatic carbocycles. The first-order chi connectivity index (χ1) is 16.9. The summed E-state index contributed by atoms with van der Waals surface area (Å²) in [7, 11) is 0. The summed E-state index contributed by atoms with van der Waals surface area (Å²) in [6.45, 7) is 2.70. The van der Waals surface area contributed by atoms with Gasteiger partial charge in [0.05, 0.1) is 11.0 Å². The molecule has 182 valence electrons. The molecule has 1 aliphatic heterocycles. The quantitative estimate of drug-likeness (QED) is 0.317. The molecule has 4 rings (SSSR count). The number of non-ortho nitro benzene ring substituents is 1. The van der Waals surface area contributed by atoms with E-state index in [4.69, 9.17) is 0 Å². The van der Waals surface area contributed by atoms with E-state index in [0.717, 1.165) is 17.5 Å². The topological polar surface area (TPSA) is 83.8 Å². The van der Waals surface area contributed by atoms with Crippen molar-refractivity contribution in [2.75, 3.05) is 19.6 Å². The van der Waals surface area contributed by atoms with Gasteiger partial charge in [-0.3, -0.25) is 19.7 Å². The van der Waals surface area contributed by atoms with Gasteiger partial charge in [-0.25, -0.2) is 4.39 Å². The van der Waals surface area contributed by atoms with Crippen LogP contribution < -0.4 is 0 Å². The van der Waals surface area contributed by atoms with Crippen LogP contribution in [0.3, 0.4) is 0 Å². The second-order valence-corrected chi connectivity index (χ2v) is 9.48. The summed E-state index contributed by atoms with van der Waals surface area (Å²) in [5.74, 6) is -0.977. The van der Waals surface area contributed by atoms with E-state index < -0.39 is 10.8 Å². The van der Waals surface area contributed by atoms with E-state index in [9.17, 15) is 24.1 Å². The minimum absolute atomic E-state index is 0.140. The molecule has 0 fully saturated rings.